The topological polar surface area (TPSA) is 17.1 Å². The molecule has 15 heavy (non-hydrogen) atoms. The Morgan fingerprint density at radius 3 is 2.80 bits per heavy atom. The Hall–Kier alpha value is -1.11. The van der Waals surface area contributed by atoms with Gasteiger partial charge in [-0.05, 0) is 36.0 Å². The highest BCUT2D eigenvalue weighted by atomic mass is 16.1. The maximum absolute atomic E-state index is 11.8. The Kier molecular flexibility index (Phi) is 2.64. The van der Waals surface area contributed by atoms with E-state index < -0.39 is 0 Å². The molecule has 1 atom stereocenters. The number of carbonyl (C=O) groups is 1. The number of benzene rings is 1. The molecule has 0 heterocycles. The van der Waals surface area contributed by atoms with Gasteiger partial charge in [-0.25, -0.2) is 0 Å². The third-order valence-electron chi connectivity index (χ3n) is 3.06. The quantitative estimate of drug-likeness (QED) is 0.719. The third kappa shape index (κ3) is 1.97. The molecule has 0 fully saturated rings. The SMILES string of the molecule is CC(C)Cc1ccc2c(c1)C(=O)C(C)C2. The molecule has 80 valence electrons. The van der Waals surface area contributed by atoms with Crippen molar-refractivity contribution in [2.45, 2.75) is 33.6 Å². The van der Waals surface area contributed by atoms with Crippen LogP contribution in [0, 0.1) is 11.8 Å². The molecule has 1 heteroatoms. The lowest BCUT2D eigenvalue weighted by molar-refractivity contribution is 0.0946. The Balaban J connectivity index is 2.31. The van der Waals surface area contributed by atoms with Crippen molar-refractivity contribution in [1.29, 1.82) is 0 Å². The van der Waals surface area contributed by atoms with Crippen molar-refractivity contribution in [3.63, 3.8) is 0 Å². The van der Waals surface area contributed by atoms with E-state index in [0.717, 1.165) is 18.4 Å². The van der Waals surface area contributed by atoms with Crippen LogP contribution in [0.3, 0.4) is 0 Å². The van der Waals surface area contributed by atoms with Gasteiger partial charge >= 0.3 is 0 Å². The summed E-state index contributed by atoms with van der Waals surface area (Å²) in [6.07, 6.45) is 1.99. The molecule has 1 nitrogen and oxygen atoms in total. The number of fused-ring (bicyclic) bond motifs is 1. The van der Waals surface area contributed by atoms with E-state index in [2.05, 4.69) is 32.0 Å². The molecule has 1 aliphatic carbocycles. The summed E-state index contributed by atoms with van der Waals surface area (Å²) in [7, 11) is 0. The number of carbonyl (C=O) groups excluding carboxylic acids is 1. The molecular formula is C14H18O. The highest BCUT2D eigenvalue weighted by Gasteiger charge is 2.26. The fraction of sp³-hybridized carbons (Fsp3) is 0.500. The number of hydrogen-bond acceptors (Lipinski definition) is 1. The van der Waals surface area contributed by atoms with Crippen LogP contribution in [0.5, 0.6) is 0 Å². The van der Waals surface area contributed by atoms with Crippen molar-refractivity contribution in [3.05, 3.63) is 34.9 Å². The van der Waals surface area contributed by atoms with Gasteiger partial charge in [-0.15, -0.1) is 0 Å². The van der Waals surface area contributed by atoms with Crippen molar-refractivity contribution >= 4 is 5.78 Å². The van der Waals surface area contributed by atoms with Crippen LogP contribution in [0.4, 0.5) is 0 Å². The first kappa shape index (κ1) is 10.4. The van der Waals surface area contributed by atoms with Crippen LogP contribution in [0.2, 0.25) is 0 Å². The summed E-state index contributed by atoms with van der Waals surface area (Å²) in [4.78, 5) is 11.8. The van der Waals surface area contributed by atoms with Crippen LogP contribution in [0.25, 0.3) is 0 Å². The van der Waals surface area contributed by atoms with Crippen molar-refractivity contribution < 1.29 is 4.79 Å². The smallest absolute Gasteiger partial charge is 0.166 e. The highest BCUT2D eigenvalue weighted by molar-refractivity contribution is 6.02. The average Bonchev–Trinajstić information content (AvgIpc) is 2.43. The molecular weight excluding hydrogens is 184 g/mol. The molecule has 2 rings (SSSR count). The van der Waals surface area contributed by atoms with Crippen molar-refractivity contribution in [2.24, 2.45) is 11.8 Å². The van der Waals surface area contributed by atoms with Gasteiger partial charge in [0.1, 0.15) is 0 Å². The Labute approximate surface area is 91.5 Å². The zero-order valence-electron chi connectivity index (χ0n) is 9.71. The van der Waals surface area contributed by atoms with Gasteiger partial charge in [0, 0.05) is 11.5 Å². The van der Waals surface area contributed by atoms with Crippen LogP contribution in [0.15, 0.2) is 18.2 Å². The van der Waals surface area contributed by atoms with Gasteiger partial charge in [-0.2, -0.15) is 0 Å². The first-order valence-corrected chi connectivity index (χ1v) is 5.74. The number of Topliss-reactive ketones (excluding diaryl/α,β-unsaturated/α-hetero) is 1. The van der Waals surface area contributed by atoms with Gasteiger partial charge in [0.2, 0.25) is 0 Å². The minimum atomic E-state index is 0.189. The fourth-order valence-corrected chi connectivity index (χ4v) is 2.32. The molecule has 1 aromatic carbocycles. The molecule has 0 radical (unpaired) electrons. The molecule has 0 N–H and O–H groups in total. The fourth-order valence-electron chi connectivity index (χ4n) is 2.32. The van der Waals surface area contributed by atoms with Crippen LogP contribution < -0.4 is 0 Å². The molecule has 0 saturated carbocycles. The highest BCUT2D eigenvalue weighted by Crippen LogP contribution is 2.27. The largest absolute Gasteiger partial charge is 0.294 e. The second-order valence-electron chi connectivity index (χ2n) is 5.06. The normalized spacial score (nSPS) is 19.7. The molecule has 1 unspecified atom stereocenters. The van der Waals surface area contributed by atoms with Gasteiger partial charge < -0.3 is 0 Å². The molecule has 0 amide bonds. The van der Waals surface area contributed by atoms with Crippen molar-refractivity contribution in [1.82, 2.24) is 0 Å². The zero-order valence-corrected chi connectivity index (χ0v) is 9.71. The van der Waals surface area contributed by atoms with E-state index in [1.165, 1.54) is 11.1 Å². The second kappa shape index (κ2) is 3.80. The standard InChI is InChI=1S/C14H18O/c1-9(2)6-11-4-5-12-7-10(3)14(15)13(12)8-11/h4-5,8-10H,6-7H2,1-3H3. The van der Waals surface area contributed by atoms with Crippen LogP contribution in [-0.2, 0) is 12.8 Å². The number of hydrogen-bond donors (Lipinski definition) is 0. The van der Waals surface area contributed by atoms with Gasteiger partial charge in [-0.1, -0.05) is 32.9 Å². The zero-order chi connectivity index (χ0) is 11.0. The lowest BCUT2D eigenvalue weighted by atomic mass is 9.99. The molecule has 0 bridgehead atoms. The minimum absolute atomic E-state index is 0.189. The predicted octanol–water partition coefficient (Wildman–Crippen LogP) is 3.26. The van der Waals surface area contributed by atoms with Crippen molar-refractivity contribution in [2.75, 3.05) is 0 Å². The van der Waals surface area contributed by atoms with Gasteiger partial charge in [0.25, 0.3) is 0 Å². The summed E-state index contributed by atoms with van der Waals surface area (Å²) in [6, 6.07) is 6.40. The first-order valence-electron chi connectivity index (χ1n) is 5.74. The van der Waals surface area contributed by atoms with Gasteiger partial charge in [-0.3, -0.25) is 4.79 Å². The first-order chi connectivity index (χ1) is 7.08. The second-order valence-corrected chi connectivity index (χ2v) is 5.06. The van der Waals surface area contributed by atoms with Crippen LogP contribution >= 0.6 is 0 Å². The molecule has 0 saturated heterocycles. The predicted molar refractivity (Wildman–Crippen MR) is 62.2 cm³/mol. The average molecular weight is 202 g/mol. The number of ketones is 1. The molecule has 0 spiro atoms. The minimum Gasteiger partial charge on any atom is -0.294 e. The molecule has 0 aromatic heterocycles. The Bertz CT molecular complexity index is 390. The Morgan fingerprint density at radius 2 is 2.13 bits per heavy atom. The maximum Gasteiger partial charge on any atom is 0.166 e. The van der Waals surface area contributed by atoms with E-state index in [4.69, 9.17) is 0 Å². The van der Waals surface area contributed by atoms with E-state index in [9.17, 15) is 4.79 Å². The number of rotatable bonds is 2. The van der Waals surface area contributed by atoms with E-state index in [1.807, 2.05) is 6.92 Å². The van der Waals surface area contributed by atoms with E-state index >= 15 is 0 Å². The van der Waals surface area contributed by atoms with Crippen molar-refractivity contribution in [3.8, 4) is 0 Å². The monoisotopic (exact) mass is 202 g/mol. The van der Waals surface area contributed by atoms with Crippen LogP contribution in [-0.4, -0.2) is 5.78 Å². The Morgan fingerprint density at radius 1 is 1.40 bits per heavy atom. The maximum atomic E-state index is 11.8. The summed E-state index contributed by atoms with van der Waals surface area (Å²) in [5.74, 6) is 1.17. The van der Waals surface area contributed by atoms with E-state index in [1.54, 1.807) is 0 Å². The lowest BCUT2D eigenvalue weighted by Crippen LogP contribution is -2.03. The third-order valence-corrected chi connectivity index (χ3v) is 3.06. The lowest BCUT2D eigenvalue weighted by Gasteiger charge is -2.06. The van der Waals surface area contributed by atoms with E-state index in [0.29, 0.717) is 11.7 Å². The molecule has 1 aliphatic rings. The summed E-state index contributed by atoms with van der Waals surface area (Å²) < 4.78 is 0. The molecule has 0 aliphatic heterocycles. The summed E-state index contributed by atoms with van der Waals surface area (Å²) in [5, 5.41) is 0. The van der Waals surface area contributed by atoms with Gasteiger partial charge in [0.15, 0.2) is 5.78 Å². The van der Waals surface area contributed by atoms with Gasteiger partial charge in [0.05, 0.1) is 0 Å². The van der Waals surface area contributed by atoms with Crippen LogP contribution in [0.1, 0.15) is 42.3 Å². The summed E-state index contributed by atoms with van der Waals surface area (Å²) in [6.45, 7) is 6.43. The summed E-state index contributed by atoms with van der Waals surface area (Å²) >= 11 is 0. The van der Waals surface area contributed by atoms with E-state index in [-0.39, 0.29) is 5.92 Å². The summed E-state index contributed by atoms with van der Waals surface area (Å²) in [5.41, 5.74) is 3.51. The molecule has 1 aromatic rings.